The van der Waals surface area contributed by atoms with Crippen LogP contribution >= 0.6 is 0 Å². The highest BCUT2D eigenvalue weighted by molar-refractivity contribution is 5.93. The van der Waals surface area contributed by atoms with Gasteiger partial charge in [0.25, 0.3) is 5.91 Å². The molecule has 0 N–H and O–H groups in total. The molecule has 1 amide bonds. The Kier molecular flexibility index (Phi) is 4.75. The monoisotopic (exact) mass is 360 g/mol. The van der Waals surface area contributed by atoms with Crippen LogP contribution in [-0.4, -0.2) is 38.7 Å². The van der Waals surface area contributed by atoms with E-state index in [0.29, 0.717) is 11.6 Å². The molecule has 3 aromatic rings. The highest BCUT2D eigenvalue weighted by atomic mass is 16.2. The summed E-state index contributed by atoms with van der Waals surface area (Å²) in [4.78, 5) is 19.2. The maximum absolute atomic E-state index is 13.0. The van der Waals surface area contributed by atoms with E-state index in [1.165, 1.54) is 5.56 Å². The number of rotatable bonds is 3. The van der Waals surface area contributed by atoms with Crippen LogP contribution in [0.5, 0.6) is 0 Å². The Labute approximate surface area is 159 Å². The summed E-state index contributed by atoms with van der Waals surface area (Å²) in [5, 5.41) is 4.68. The van der Waals surface area contributed by atoms with Crippen molar-refractivity contribution in [3.8, 4) is 16.9 Å². The second-order valence-electron chi connectivity index (χ2n) is 7.38. The number of piperidine rings is 1. The van der Waals surface area contributed by atoms with Crippen molar-refractivity contribution in [2.45, 2.75) is 26.7 Å². The van der Waals surface area contributed by atoms with Crippen molar-refractivity contribution in [1.29, 1.82) is 0 Å². The van der Waals surface area contributed by atoms with Gasteiger partial charge in [-0.1, -0.05) is 24.6 Å². The molecule has 0 aliphatic carbocycles. The number of nitrogens with zero attached hydrogens (tertiary/aromatic N) is 4. The van der Waals surface area contributed by atoms with Crippen LogP contribution in [-0.2, 0) is 0 Å². The van der Waals surface area contributed by atoms with Crippen molar-refractivity contribution >= 4 is 5.91 Å². The quantitative estimate of drug-likeness (QED) is 0.706. The Morgan fingerprint density at radius 2 is 1.85 bits per heavy atom. The second kappa shape index (κ2) is 7.35. The van der Waals surface area contributed by atoms with Crippen LogP contribution < -0.4 is 0 Å². The highest BCUT2D eigenvalue weighted by Gasteiger charge is 2.25. The van der Waals surface area contributed by atoms with E-state index in [9.17, 15) is 4.79 Å². The zero-order chi connectivity index (χ0) is 18.8. The number of likely N-dealkylation sites (tertiary alicyclic amines) is 1. The molecule has 0 radical (unpaired) electrons. The van der Waals surface area contributed by atoms with Crippen LogP contribution in [0.4, 0.5) is 0 Å². The van der Waals surface area contributed by atoms with Crippen LogP contribution in [0.1, 0.15) is 35.8 Å². The topological polar surface area (TPSA) is 51.0 Å². The lowest BCUT2D eigenvalue weighted by Gasteiger charge is -2.29. The molecule has 1 saturated heterocycles. The number of amides is 1. The first-order valence-electron chi connectivity index (χ1n) is 9.48. The molecular formula is C22H24N4O. The van der Waals surface area contributed by atoms with Crippen molar-refractivity contribution in [3.05, 3.63) is 66.1 Å². The standard InChI is InChI=1S/C22H24N4O/c1-16-5-7-19(8-6-16)26-21(18-4-3-11-23-15-18)14-20(24-26)22(27)25-12-9-17(2)10-13-25/h3-8,11,14-15,17H,9-10,12-13H2,1-2H3. The number of hydrogen-bond acceptors (Lipinski definition) is 3. The van der Waals surface area contributed by atoms with Gasteiger partial charge in [0, 0.05) is 31.0 Å². The maximum Gasteiger partial charge on any atom is 0.274 e. The van der Waals surface area contributed by atoms with E-state index in [0.717, 1.165) is 42.9 Å². The number of hydrogen-bond donors (Lipinski definition) is 0. The average Bonchev–Trinajstić information content (AvgIpc) is 3.15. The van der Waals surface area contributed by atoms with Gasteiger partial charge in [0.05, 0.1) is 11.4 Å². The van der Waals surface area contributed by atoms with Gasteiger partial charge in [-0.05, 0) is 56.0 Å². The number of aromatic nitrogens is 3. The van der Waals surface area contributed by atoms with Gasteiger partial charge < -0.3 is 4.90 Å². The summed E-state index contributed by atoms with van der Waals surface area (Å²) >= 11 is 0. The first-order chi connectivity index (χ1) is 13.1. The van der Waals surface area contributed by atoms with E-state index in [2.05, 4.69) is 36.1 Å². The summed E-state index contributed by atoms with van der Waals surface area (Å²) in [7, 11) is 0. The minimum atomic E-state index is 0.0119. The molecule has 4 rings (SSSR count). The zero-order valence-corrected chi connectivity index (χ0v) is 15.8. The Morgan fingerprint density at radius 3 is 2.52 bits per heavy atom. The summed E-state index contributed by atoms with van der Waals surface area (Å²) in [6.07, 6.45) is 5.66. The lowest BCUT2D eigenvalue weighted by Crippen LogP contribution is -2.38. The fourth-order valence-electron chi connectivity index (χ4n) is 3.46. The fourth-order valence-corrected chi connectivity index (χ4v) is 3.46. The smallest absolute Gasteiger partial charge is 0.274 e. The van der Waals surface area contributed by atoms with Gasteiger partial charge in [0.2, 0.25) is 0 Å². The molecule has 2 aromatic heterocycles. The molecule has 1 fully saturated rings. The maximum atomic E-state index is 13.0. The summed E-state index contributed by atoms with van der Waals surface area (Å²) in [5.74, 6) is 0.697. The molecule has 5 nitrogen and oxygen atoms in total. The second-order valence-corrected chi connectivity index (χ2v) is 7.38. The number of pyridine rings is 1. The molecule has 0 bridgehead atoms. The third-order valence-electron chi connectivity index (χ3n) is 5.24. The molecule has 0 unspecified atom stereocenters. The van der Waals surface area contributed by atoms with E-state index < -0.39 is 0 Å². The summed E-state index contributed by atoms with van der Waals surface area (Å²) in [6, 6.07) is 13.9. The molecule has 27 heavy (non-hydrogen) atoms. The first kappa shape index (κ1) is 17.5. The molecule has 0 atom stereocenters. The number of carbonyl (C=O) groups excluding carboxylic acids is 1. The first-order valence-corrected chi connectivity index (χ1v) is 9.48. The molecule has 1 aliphatic rings. The summed E-state index contributed by atoms with van der Waals surface area (Å²) in [5.41, 5.74) is 4.43. The van der Waals surface area contributed by atoms with E-state index in [1.54, 1.807) is 12.4 Å². The van der Waals surface area contributed by atoms with Crippen LogP contribution in [0.15, 0.2) is 54.9 Å². The van der Waals surface area contributed by atoms with Gasteiger partial charge in [0.15, 0.2) is 5.69 Å². The van der Waals surface area contributed by atoms with Gasteiger partial charge in [-0.2, -0.15) is 5.10 Å². The van der Waals surface area contributed by atoms with Gasteiger partial charge in [-0.25, -0.2) is 4.68 Å². The molecular weight excluding hydrogens is 336 g/mol. The van der Waals surface area contributed by atoms with Gasteiger partial charge >= 0.3 is 0 Å². The normalized spacial score (nSPS) is 15.1. The Balaban J connectivity index is 1.73. The molecule has 1 aliphatic heterocycles. The van der Waals surface area contributed by atoms with Crippen LogP contribution in [0.25, 0.3) is 16.9 Å². The zero-order valence-electron chi connectivity index (χ0n) is 15.8. The number of benzene rings is 1. The van der Waals surface area contributed by atoms with E-state index in [1.807, 2.05) is 39.9 Å². The molecule has 0 spiro atoms. The predicted octanol–water partition coefficient (Wildman–Crippen LogP) is 4.11. The largest absolute Gasteiger partial charge is 0.337 e. The van der Waals surface area contributed by atoms with E-state index in [-0.39, 0.29) is 5.91 Å². The minimum Gasteiger partial charge on any atom is -0.337 e. The lowest BCUT2D eigenvalue weighted by atomic mass is 9.99. The summed E-state index contributed by atoms with van der Waals surface area (Å²) < 4.78 is 1.84. The van der Waals surface area contributed by atoms with Gasteiger partial charge in [-0.15, -0.1) is 0 Å². The van der Waals surface area contributed by atoms with Crippen molar-refractivity contribution in [2.24, 2.45) is 5.92 Å². The fraction of sp³-hybridized carbons (Fsp3) is 0.318. The predicted molar refractivity (Wildman–Crippen MR) is 106 cm³/mol. The Morgan fingerprint density at radius 1 is 1.11 bits per heavy atom. The van der Waals surface area contributed by atoms with Crippen molar-refractivity contribution in [1.82, 2.24) is 19.7 Å². The van der Waals surface area contributed by atoms with Crippen molar-refractivity contribution in [3.63, 3.8) is 0 Å². The van der Waals surface area contributed by atoms with Crippen molar-refractivity contribution < 1.29 is 4.79 Å². The van der Waals surface area contributed by atoms with Crippen LogP contribution in [0.2, 0.25) is 0 Å². The van der Waals surface area contributed by atoms with Crippen LogP contribution in [0, 0.1) is 12.8 Å². The summed E-state index contributed by atoms with van der Waals surface area (Å²) in [6.45, 7) is 5.91. The lowest BCUT2D eigenvalue weighted by molar-refractivity contribution is 0.0691. The molecule has 0 saturated carbocycles. The van der Waals surface area contributed by atoms with Crippen molar-refractivity contribution in [2.75, 3.05) is 13.1 Å². The van der Waals surface area contributed by atoms with Gasteiger partial charge in [-0.3, -0.25) is 9.78 Å². The minimum absolute atomic E-state index is 0.0119. The molecule has 3 heterocycles. The third-order valence-corrected chi connectivity index (χ3v) is 5.24. The van der Waals surface area contributed by atoms with E-state index >= 15 is 0 Å². The molecule has 1 aromatic carbocycles. The van der Waals surface area contributed by atoms with E-state index in [4.69, 9.17) is 0 Å². The van der Waals surface area contributed by atoms with Crippen LogP contribution in [0.3, 0.4) is 0 Å². The molecule has 5 heteroatoms. The molecule has 138 valence electrons. The Bertz CT molecular complexity index is 923. The van der Waals surface area contributed by atoms with Gasteiger partial charge in [0.1, 0.15) is 0 Å². The Hall–Kier alpha value is -2.95. The third kappa shape index (κ3) is 3.63. The number of carbonyl (C=O) groups is 1. The number of aryl methyl sites for hydroxylation is 1. The average molecular weight is 360 g/mol. The SMILES string of the molecule is Cc1ccc(-n2nc(C(=O)N3CCC(C)CC3)cc2-c2cccnc2)cc1. The highest BCUT2D eigenvalue weighted by Crippen LogP contribution is 2.25.